The smallest absolute Gasteiger partial charge is 0.337 e. The minimum atomic E-state index is -0.907. The molecule has 2 fully saturated rings. The highest BCUT2D eigenvalue weighted by atomic mass is 16.4. The van der Waals surface area contributed by atoms with Gasteiger partial charge < -0.3 is 10.0 Å². The number of carboxylic acids is 1. The summed E-state index contributed by atoms with van der Waals surface area (Å²) < 4.78 is 0. The highest BCUT2D eigenvalue weighted by molar-refractivity contribution is 5.89. The Morgan fingerprint density at radius 2 is 2.00 bits per heavy atom. The normalized spacial score (nSPS) is 20.1. The molecule has 0 atom stereocenters. The number of hydrogen-bond donors (Lipinski definition) is 1. The maximum Gasteiger partial charge on any atom is 0.337 e. The van der Waals surface area contributed by atoms with E-state index < -0.39 is 5.97 Å². The van der Waals surface area contributed by atoms with E-state index in [2.05, 4.69) is 14.8 Å². The van der Waals surface area contributed by atoms with Crippen molar-refractivity contribution >= 4 is 11.8 Å². The Hall–Kier alpha value is -1.62. The molecule has 5 nitrogen and oxygen atoms in total. The van der Waals surface area contributed by atoms with Gasteiger partial charge in [0.1, 0.15) is 5.82 Å². The molecule has 2 heterocycles. The Balaban J connectivity index is 1.62. The predicted molar refractivity (Wildman–Crippen MR) is 77.3 cm³/mol. The van der Waals surface area contributed by atoms with Gasteiger partial charge in [-0.05, 0) is 37.8 Å². The van der Waals surface area contributed by atoms with Crippen LogP contribution < -0.4 is 4.90 Å². The van der Waals surface area contributed by atoms with E-state index in [1.54, 1.807) is 13.0 Å². The summed E-state index contributed by atoms with van der Waals surface area (Å²) in [7, 11) is 0. The third-order valence-electron chi connectivity index (χ3n) is 4.21. The van der Waals surface area contributed by atoms with Gasteiger partial charge in [-0.25, -0.2) is 9.78 Å². The number of anilines is 1. The van der Waals surface area contributed by atoms with Gasteiger partial charge in [-0.3, -0.25) is 4.90 Å². The van der Waals surface area contributed by atoms with Crippen molar-refractivity contribution in [3.8, 4) is 0 Å². The maximum absolute atomic E-state index is 11.0. The summed E-state index contributed by atoms with van der Waals surface area (Å²) in [5.74, 6) is 0.936. The van der Waals surface area contributed by atoms with Crippen molar-refractivity contribution in [2.45, 2.75) is 19.8 Å². The van der Waals surface area contributed by atoms with E-state index in [4.69, 9.17) is 5.11 Å². The highest BCUT2D eigenvalue weighted by Gasteiger charge is 2.26. The molecule has 0 bridgehead atoms. The van der Waals surface area contributed by atoms with Crippen molar-refractivity contribution in [1.29, 1.82) is 0 Å². The van der Waals surface area contributed by atoms with E-state index in [-0.39, 0.29) is 0 Å². The van der Waals surface area contributed by atoms with Gasteiger partial charge in [0, 0.05) is 32.7 Å². The molecule has 0 spiro atoms. The van der Waals surface area contributed by atoms with Crippen molar-refractivity contribution in [2.24, 2.45) is 5.92 Å². The van der Waals surface area contributed by atoms with E-state index in [0.29, 0.717) is 11.3 Å². The third-order valence-corrected chi connectivity index (χ3v) is 4.21. The summed E-state index contributed by atoms with van der Waals surface area (Å²) in [5, 5.41) is 9.03. The number of piperazine rings is 1. The number of carboxylic acid groups (broad SMARTS) is 1. The topological polar surface area (TPSA) is 56.7 Å². The third kappa shape index (κ3) is 2.93. The van der Waals surface area contributed by atoms with Crippen molar-refractivity contribution < 1.29 is 9.90 Å². The minimum absolute atomic E-state index is 0.293. The lowest BCUT2D eigenvalue weighted by Crippen LogP contribution is -2.47. The molecular formula is C15H21N3O2. The Morgan fingerprint density at radius 3 is 2.55 bits per heavy atom. The minimum Gasteiger partial charge on any atom is -0.478 e. The van der Waals surface area contributed by atoms with Crippen LogP contribution in [0.4, 0.5) is 5.82 Å². The van der Waals surface area contributed by atoms with Crippen LogP contribution in [0.2, 0.25) is 0 Å². The van der Waals surface area contributed by atoms with Gasteiger partial charge in [0.25, 0.3) is 0 Å². The zero-order valence-corrected chi connectivity index (χ0v) is 11.9. The summed E-state index contributed by atoms with van der Waals surface area (Å²) in [6, 6.07) is 3.49. The van der Waals surface area contributed by atoms with Crippen LogP contribution in [0.15, 0.2) is 12.1 Å². The lowest BCUT2D eigenvalue weighted by molar-refractivity contribution is 0.0695. The van der Waals surface area contributed by atoms with Crippen LogP contribution in [0.5, 0.6) is 0 Å². The molecule has 0 amide bonds. The molecule has 1 saturated carbocycles. The fraction of sp³-hybridized carbons (Fsp3) is 0.600. The zero-order chi connectivity index (χ0) is 14.1. The van der Waals surface area contributed by atoms with Crippen LogP contribution in [0, 0.1) is 12.8 Å². The molecule has 1 aliphatic heterocycles. The monoisotopic (exact) mass is 275 g/mol. The molecule has 1 aliphatic carbocycles. The van der Waals surface area contributed by atoms with Crippen LogP contribution >= 0.6 is 0 Å². The predicted octanol–water partition coefficient (Wildman–Crippen LogP) is 1.62. The molecule has 20 heavy (non-hydrogen) atoms. The molecule has 5 heteroatoms. The van der Waals surface area contributed by atoms with Gasteiger partial charge in [-0.15, -0.1) is 0 Å². The first-order chi connectivity index (χ1) is 9.63. The molecule has 2 aliphatic rings. The first-order valence-corrected chi connectivity index (χ1v) is 7.32. The lowest BCUT2D eigenvalue weighted by atomic mass is 10.2. The average molecular weight is 275 g/mol. The highest BCUT2D eigenvalue weighted by Crippen LogP contribution is 2.30. The largest absolute Gasteiger partial charge is 0.478 e. The summed E-state index contributed by atoms with van der Waals surface area (Å²) >= 11 is 0. The molecule has 1 aromatic heterocycles. The quantitative estimate of drug-likeness (QED) is 0.905. The molecule has 0 radical (unpaired) electrons. The second-order valence-electron chi connectivity index (χ2n) is 5.84. The molecule has 1 aromatic rings. The van der Waals surface area contributed by atoms with Crippen molar-refractivity contribution in [1.82, 2.24) is 9.88 Å². The van der Waals surface area contributed by atoms with Gasteiger partial charge in [-0.1, -0.05) is 0 Å². The molecule has 108 valence electrons. The maximum atomic E-state index is 11.0. The number of nitrogens with zero attached hydrogens (tertiary/aromatic N) is 3. The van der Waals surface area contributed by atoms with Gasteiger partial charge in [0.05, 0.1) is 11.3 Å². The summed E-state index contributed by atoms with van der Waals surface area (Å²) in [6.45, 7) is 7.13. The van der Waals surface area contributed by atoms with E-state index in [1.165, 1.54) is 19.4 Å². The van der Waals surface area contributed by atoms with Crippen LogP contribution in [0.1, 0.15) is 28.9 Å². The first-order valence-electron chi connectivity index (χ1n) is 7.32. The van der Waals surface area contributed by atoms with E-state index >= 15 is 0 Å². The van der Waals surface area contributed by atoms with E-state index in [0.717, 1.165) is 37.9 Å². The fourth-order valence-electron chi connectivity index (χ4n) is 2.78. The number of aromatic carboxylic acids is 1. The van der Waals surface area contributed by atoms with Crippen molar-refractivity contribution in [2.75, 3.05) is 37.6 Å². The van der Waals surface area contributed by atoms with E-state index in [9.17, 15) is 4.79 Å². The van der Waals surface area contributed by atoms with Gasteiger partial charge in [-0.2, -0.15) is 0 Å². The lowest BCUT2D eigenvalue weighted by Gasteiger charge is -2.35. The molecule has 1 saturated heterocycles. The number of rotatable bonds is 4. The van der Waals surface area contributed by atoms with E-state index in [1.807, 2.05) is 6.07 Å². The zero-order valence-electron chi connectivity index (χ0n) is 11.9. The Kier molecular flexibility index (Phi) is 3.61. The average Bonchev–Trinajstić information content (AvgIpc) is 3.23. The second-order valence-corrected chi connectivity index (χ2v) is 5.84. The first kappa shape index (κ1) is 13.4. The Bertz CT molecular complexity index is 506. The number of aromatic nitrogens is 1. The van der Waals surface area contributed by atoms with Gasteiger partial charge >= 0.3 is 5.97 Å². The number of pyridine rings is 1. The van der Waals surface area contributed by atoms with Gasteiger partial charge in [0.15, 0.2) is 0 Å². The SMILES string of the molecule is Cc1nc(N2CCN(CC3CC3)CC2)ccc1C(=O)O. The number of hydrogen-bond acceptors (Lipinski definition) is 4. The van der Waals surface area contributed by atoms with Crippen LogP contribution in [-0.2, 0) is 0 Å². The molecule has 0 unspecified atom stereocenters. The fourth-order valence-corrected chi connectivity index (χ4v) is 2.78. The molecule has 1 N–H and O–H groups in total. The molecule has 0 aromatic carbocycles. The van der Waals surface area contributed by atoms with Gasteiger partial charge in [0.2, 0.25) is 0 Å². The number of aryl methyl sites for hydroxylation is 1. The summed E-state index contributed by atoms with van der Waals surface area (Å²) in [5.41, 5.74) is 0.886. The Morgan fingerprint density at radius 1 is 1.30 bits per heavy atom. The number of carbonyl (C=O) groups is 1. The second kappa shape index (κ2) is 5.40. The standard InChI is InChI=1S/C15H21N3O2/c1-11-13(15(19)20)4-5-14(16-11)18-8-6-17(7-9-18)10-12-2-3-12/h4-5,12H,2-3,6-10H2,1H3,(H,19,20). The van der Waals surface area contributed by atoms with Crippen LogP contribution in [0.25, 0.3) is 0 Å². The summed E-state index contributed by atoms with van der Waals surface area (Å²) in [4.78, 5) is 20.2. The van der Waals surface area contributed by atoms with Crippen LogP contribution in [-0.4, -0.2) is 53.7 Å². The Labute approximate surface area is 119 Å². The van der Waals surface area contributed by atoms with Crippen molar-refractivity contribution in [3.63, 3.8) is 0 Å². The van der Waals surface area contributed by atoms with Crippen molar-refractivity contribution in [3.05, 3.63) is 23.4 Å². The van der Waals surface area contributed by atoms with Crippen LogP contribution in [0.3, 0.4) is 0 Å². The molecule has 3 rings (SSSR count). The summed E-state index contributed by atoms with van der Waals surface area (Å²) in [6.07, 6.45) is 2.80. The molecular weight excluding hydrogens is 254 g/mol.